The van der Waals surface area contributed by atoms with Gasteiger partial charge in [-0.15, -0.1) is 0 Å². The molecule has 0 unspecified atom stereocenters. The van der Waals surface area contributed by atoms with E-state index in [1.165, 1.54) is 24.3 Å². The summed E-state index contributed by atoms with van der Waals surface area (Å²) in [6.07, 6.45) is -0.0595. The Hall–Kier alpha value is -2.15. The molecule has 1 aliphatic heterocycles. The molecule has 0 bridgehead atoms. The van der Waals surface area contributed by atoms with Crippen molar-refractivity contribution in [1.29, 1.82) is 0 Å². The molecule has 0 saturated carbocycles. The molecule has 1 saturated heterocycles. The molecule has 1 heterocycles. The first-order valence-corrected chi connectivity index (χ1v) is 7.91. The van der Waals surface area contributed by atoms with Crippen molar-refractivity contribution in [2.75, 3.05) is 26.3 Å². The summed E-state index contributed by atoms with van der Waals surface area (Å²) in [7, 11) is 0. The van der Waals surface area contributed by atoms with Crippen LogP contribution in [0.2, 0.25) is 0 Å². The number of amides is 2. The van der Waals surface area contributed by atoms with Crippen molar-refractivity contribution in [3.05, 3.63) is 30.1 Å². The van der Waals surface area contributed by atoms with Crippen molar-refractivity contribution >= 4 is 11.8 Å². The molecule has 1 aromatic rings. The van der Waals surface area contributed by atoms with Gasteiger partial charge in [-0.25, -0.2) is 4.39 Å². The average Bonchev–Trinajstić information content (AvgIpc) is 2.53. The summed E-state index contributed by atoms with van der Waals surface area (Å²) in [6, 6.07) is 5.55. The minimum absolute atomic E-state index is 0.00562. The van der Waals surface area contributed by atoms with E-state index >= 15 is 0 Å². The minimum Gasteiger partial charge on any atom is -0.490 e. The molecule has 7 heteroatoms. The van der Waals surface area contributed by atoms with Crippen LogP contribution in [-0.4, -0.2) is 48.6 Å². The third-order valence-electron chi connectivity index (χ3n) is 3.87. The predicted octanol–water partition coefficient (Wildman–Crippen LogP) is 1.33. The van der Waals surface area contributed by atoms with Gasteiger partial charge in [0.15, 0.2) is 0 Å². The van der Waals surface area contributed by atoms with Crippen LogP contribution < -0.4 is 10.5 Å². The number of carbonyl (C=O) groups is 2. The van der Waals surface area contributed by atoms with Crippen molar-refractivity contribution in [2.45, 2.75) is 25.9 Å². The zero-order chi connectivity index (χ0) is 17.7. The first-order valence-electron chi connectivity index (χ1n) is 7.91. The van der Waals surface area contributed by atoms with E-state index in [4.69, 9.17) is 15.2 Å². The van der Waals surface area contributed by atoms with Crippen molar-refractivity contribution in [1.82, 2.24) is 4.90 Å². The molecule has 132 valence electrons. The third kappa shape index (κ3) is 4.67. The Morgan fingerprint density at radius 1 is 1.38 bits per heavy atom. The number of rotatable bonds is 6. The smallest absolute Gasteiger partial charge is 0.225 e. The molecule has 2 N–H and O–H groups in total. The molecule has 0 aliphatic carbocycles. The van der Waals surface area contributed by atoms with Crippen molar-refractivity contribution in [3.63, 3.8) is 0 Å². The van der Waals surface area contributed by atoms with Crippen LogP contribution in [0.3, 0.4) is 0 Å². The van der Waals surface area contributed by atoms with E-state index in [1.54, 1.807) is 4.90 Å². The summed E-state index contributed by atoms with van der Waals surface area (Å²) in [4.78, 5) is 25.4. The van der Waals surface area contributed by atoms with Gasteiger partial charge in [0, 0.05) is 12.5 Å². The zero-order valence-electron chi connectivity index (χ0n) is 14.0. The van der Waals surface area contributed by atoms with Crippen LogP contribution in [-0.2, 0) is 14.3 Å². The number of hydrogen-bond acceptors (Lipinski definition) is 4. The fraction of sp³-hybridized carbons (Fsp3) is 0.529. The molecule has 0 spiro atoms. The maximum atomic E-state index is 13.0. The van der Waals surface area contributed by atoms with Crippen LogP contribution in [0, 0.1) is 11.7 Å². The van der Waals surface area contributed by atoms with E-state index < -0.39 is 11.5 Å². The molecule has 1 aromatic carbocycles. The van der Waals surface area contributed by atoms with Crippen molar-refractivity contribution < 1.29 is 23.5 Å². The number of benzene rings is 1. The van der Waals surface area contributed by atoms with Gasteiger partial charge >= 0.3 is 0 Å². The van der Waals surface area contributed by atoms with Crippen LogP contribution in [0.4, 0.5) is 4.39 Å². The second kappa shape index (κ2) is 7.61. The maximum Gasteiger partial charge on any atom is 0.225 e. The lowest BCUT2D eigenvalue weighted by atomic mass is 9.96. The molecular weight excluding hydrogens is 315 g/mol. The molecule has 0 aromatic heterocycles. The normalized spacial score (nSPS) is 20.9. The van der Waals surface area contributed by atoms with Gasteiger partial charge in [-0.05, 0) is 24.3 Å². The third-order valence-corrected chi connectivity index (χ3v) is 3.87. The summed E-state index contributed by atoms with van der Waals surface area (Å²) in [6.45, 7) is 4.69. The number of nitrogens with two attached hydrogens (primary N) is 1. The van der Waals surface area contributed by atoms with Gasteiger partial charge in [0.2, 0.25) is 11.8 Å². The first kappa shape index (κ1) is 18.2. The molecule has 2 amide bonds. The van der Waals surface area contributed by atoms with E-state index in [-0.39, 0.29) is 37.2 Å². The number of morpholine rings is 1. The van der Waals surface area contributed by atoms with Crippen LogP contribution in [0.25, 0.3) is 0 Å². The summed E-state index contributed by atoms with van der Waals surface area (Å²) in [5, 5.41) is 0. The van der Waals surface area contributed by atoms with E-state index in [9.17, 15) is 14.0 Å². The Balaban J connectivity index is 2.11. The second-order valence-electron chi connectivity index (χ2n) is 6.33. The minimum atomic E-state index is -0.997. The highest BCUT2D eigenvalue weighted by Crippen LogP contribution is 2.25. The van der Waals surface area contributed by atoms with Gasteiger partial charge in [-0.2, -0.15) is 0 Å². The highest BCUT2D eigenvalue weighted by Gasteiger charge is 2.41. The van der Waals surface area contributed by atoms with E-state index in [2.05, 4.69) is 0 Å². The Kier molecular flexibility index (Phi) is 5.77. The van der Waals surface area contributed by atoms with E-state index in [0.29, 0.717) is 18.9 Å². The number of nitrogens with zero attached hydrogens (tertiary/aromatic N) is 1. The van der Waals surface area contributed by atoms with Gasteiger partial charge in [-0.1, -0.05) is 13.8 Å². The number of primary amides is 1. The van der Waals surface area contributed by atoms with E-state index in [1.807, 2.05) is 13.8 Å². The van der Waals surface area contributed by atoms with Gasteiger partial charge in [0.1, 0.15) is 23.8 Å². The summed E-state index contributed by atoms with van der Waals surface area (Å²) >= 11 is 0. The molecule has 6 nitrogen and oxygen atoms in total. The van der Waals surface area contributed by atoms with Gasteiger partial charge < -0.3 is 20.1 Å². The Bertz CT molecular complexity index is 591. The van der Waals surface area contributed by atoms with Crippen LogP contribution >= 0.6 is 0 Å². The van der Waals surface area contributed by atoms with Crippen molar-refractivity contribution in [2.24, 2.45) is 11.7 Å². The number of ether oxygens (including phenoxy) is 2. The molecule has 24 heavy (non-hydrogen) atoms. The highest BCUT2D eigenvalue weighted by molar-refractivity contribution is 5.79. The van der Waals surface area contributed by atoms with Crippen molar-refractivity contribution in [3.8, 4) is 5.75 Å². The number of hydrogen-bond donors (Lipinski definition) is 1. The van der Waals surface area contributed by atoms with Crippen LogP contribution in [0.1, 0.15) is 20.3 Å². The molecule has 2 rings (SSSR count). The number of halogens is 1. The lowest BCUT2D eigenvalue weighted by Gasteiger charge is -2.42. The Labute approximate surface area is 140 Å². The highest BCUT2D eigenvalue weighted by atomic mass is 19.1. The first-order chi connectivity index (χ1) is 11.3. The Morgan fingerprint density at radius 2 is 2.04 bits per heavy atom. The maximum absolute atomic E-state index is 13.0. The standard InChI is InChI=1S/C17H23FN2O4/c1-12(2)16(22)20-7-8-24-17(10-20,9-15(19)21)11-23-14-5-3-13(18)4-6-14/h3-6,12H,7-11H2,1-2H3,(H2,19,21)/t17-/m1/s1. The molecule has 0 radical (unpaired) electrons. The van der Waals surface area contributed by atoms with Gasteiger partial charge in [-0.3, -0.25) is 9.59 Å². The molecule has 1 fully saturated rings. The fourth-order valence-corrected chi connectivity index (χ4v) is 2.71. The van der Waals surface area contributed by atoms with Gasteiger partial charge in [0.25, 0.3) is 0 Å². The SMILES string of the molecule is CC(C)C(=O)N1CCO[C@](COc2ccc(F)cc2)(CC(N)=O)C1. The molecule has 1 aliphatic rings. The summed E-state index contributed by atoms with van der Waals surface area (Å²) in [5.41, 5.74) is 4.35. The quantitative estimate of drug-likeness (QED) is 0.848. The van der Waals surface area contributed by atoms with E-state index in [0.717, 1.165) is 0 Å². The molecule has 1 atom stereocenters. The lowest BCUT2D eigenvalue weighted by Crippen LogP contribution is -2.58. The number of carbonyl (C=O) groups excluding carboxylic acids is 2. The molecular formula is C17H23FN2O4. The zero-order valence-corrected chi connectivity index (χ0v) is 14.0. The van der Waals surface area contributed by atoms with Crippen LogP contribution in [0.15, 0.2) is 24.3 Å². The van der Waals surface area contributed by atoms with Gasteiger partial charge in [0.05, 0.1) is 19.6 Å². The fourth-order valence-electron chi connectivity index (χ4n) is 2.71. The van der Waals surface area contributed by atoms with Crippen LogP contribution in [0.5, 0.6) is 5.75 Å². The second-order valence-corrected chi connectivity index (χ2v) is 6.33. The summed E-state index contributed by atoms with van der Waals surface area (Å²) in [5.74, 6) is -0.592. The largest absolute Gasteiger partial charge is 0.490 e. The Morgan fingerprint density at radius 3 is 2.62 bits per heavy atom. The summed E-state index contributed by atoms with van der Waals surface area (Å²) < 4.78 is 24.4. The monoisotopic (exact) mass is 338 g/mol. The lowest BCUT2D eigenvalue weighted by molar-refractivity contribution is -0.163. The predicted molar refractivity (Wildman–Crippen MR) is 85.8 cm³/mol. The topological polar surface area (TPSA) is 81.9 Å². The average molecular weight is 338 g/mol.